The number of amides is 4. The maximum Gasteiger partial charge on any atom is 0.255 e. The van der Waals surface area contributed by atoms with Gasteiger partial charge in [0.15, 0.2) is 0 Å². The van der Waals surface area contributed by atoms with E-state index in [9.17, 15) is 19.2 Å². The zero-order valence-corrected chi connectivity index (χ0v) is 21.4. The van der Waals surface area contributed by atoms with Crippen molar-refractivity contribution >= 4 is 23.6 Å². The Kier molecular flexibility index (Phi) is 6.60. The van der Waals surface area contributed by atoms with E-state index in [0.717, 1.165) is 36.2 Å². The maximum atomic E-state index is 13.4. The molecule has 0 bridgehead atoms. The average molecular weight is 528 g/mol. The Morgan fingerprint density at radius 2 is 1.90 bits per heavy atom. The van der Waals surface area contributed by atoms with Crippen LogP contribution in [0.4, 0.5) is 0 Å². The first-order valence-corrected chi connectivity index (χ1v) is 13.3. The van der Waals surface area contributed by atoms with Crippen LogP contribution in [-0.4, -0.2) is 68.6 Å². The number of imide groups is 1. The molecule has 3 aliphatic rings. The molecule has 6 rings (SSSR count). The highest BCUT2D eigenvalue weighted by Crippen LogP contribution is 2.31. The number of carbonyl (C=O) groups excluding carboxylic acids is 4. The van der Waals surface area contributed by atoms with Gasteiger partial charge >= 0.3 is 0 Å². The third-order valence-corrected chi connectivity index (χ3v) is 7.73. The first-order valence-electron chi connectivity index (χ1n) is 13.3. The fourth-order valence-corrected chi connectivity index (χ4v) is 5.63. The lowest BCUT2D eigenvalue weighted by molar-refractivity contribution is -0.136. The Balaban J connectivity index is 1.11. The molecule has 2 aromatic carbocycles. The summed E-state index contributed by atoms with van der Waals surface area (Å²) in [5, 5.41) is 2.32. The Labute approximate surface area is 225 Å². The van der Waals surface area contributed by atoms with E-state index in [1.54, 1.807) is 24.5 Å². The van der Waals surface area contributed by atoms with E-state index in [1.807, 2.05) is 35.2 Å². The molecule has 4 amide bonds. The normalized spacial score (nSPS) is 21.1. The summed E-state index contributed by atoms with van der Waals surface area (Å²) in [4.78, 5) is 60.9. The minimum absolute atomic E-state index is 0.0197. The minimum Gasteiger partial charge on any atom is -0.491 e. The van der Waals surface area contributed by atoms with Crippen molar-refractivity contribution in [3.05, 3.63) is 71.5 Å². The van der Waals surface area contributed by atoms with Crippen molar-refractivity contribution in [1.29, 1.82) is 0 Å². The van der Waals surface area contributed by atoms with Gasteiger partial charge in [-0.05, 0) is 61.6 Å². The topological polar surface area (TPSA) is 125 Å². The van der Waals surface area contributed by atoms with Crippen molar-refractivity contribution in [2.75, 3.05) is 13.2 Å². The van der Waals surface area contributed by atoms with E-state index in [4.69, 9.17) is 4.74 Å². The maximum absolute atomic E-state index is 13.4. The summed E-state index contributed by atoms with van der Waals surface area (Å²) < 4.78 is 6.15. The van der Waals surface area contributed by atoms with E-state index < -0.39 is 11.9 Å². The molecule has 200 valence electrons. The molecule has 1 aromatic heterocycles. The average Bonchev–Trinajstić information content (AvgIpc) is 3.60. The van der Waals surface area contributed by atoms with Crippen molar-refractivity contribution < 1.29 is 23.9 Å². The van der Waals surface area contributed by atoms with Crippen molar-refractivity contribution in [3.63, 3.8) is 0 Å². The molecule has 0 radical (unpaired) electrons. The minimum atomic E-state index is -0.651. The second-order valence-corrected chi connectivity index (χ2v) is 10.2. The molecule has 3 aliphatic heterocycles. The number of H-pyrrole nitrogens is 1. The summed E-state index contributed by atoms with van der Waals surface area (Å²) in [5.41, 5.74) is 2.87. The second kappa shape index (κ2) is 10.4. The van der Waals surface area contributed by atoms with E-state index in [0.29, 0.717) is 43.0 Å². The van der Waals surface area contributed by atoms with Crippen LogP contribution in [0, 0.1) is 0 Å². The van der Waals surface area contributed by atoms with Gasteiger partial charge in [0.2, 0.25) is 11.8 Å². The molecule has 1 unspecified atom stereocenters. The number of nitrogens with one attached hydrogen (secondary N) is 2. The van der Waals surface area contributed by atoms with Gasteiger partial charge in [0.1, 0.15) is 24.2 Å². The lowest BCUT2D eigenvalue weighted by Crippen LogP contribution is -2.52. The van der Waals surface area contributed by atoms with Gasteiger partial charge in [-0.25, -0.2) is 4.98 Å². The fourth-order valence-electron chi connectivity index (χ4n) is 5.63. The van der Waals surface area contributed by atoms with Crippen molar-refractivity contribution in [2.45, 2.75) is 50.7 Å². The van der Waals surface area contributed by atoms with Crippen LogP contribution in [0.5, 0.6) is 5.75 Å². The van der Waals surface area contributed by atoms with Crippen LogP contribution in [0.3, 0.4) is 0 Å². The molecular weight excluding hydrogens is 498 g/mol. The Hall–Kier alpha value is -4.47. The zero-order chi connectivity index (χ0) is 26.9. The number of hydrogen-bond acceptors (Lipinski definition) is 6. The SMILES string of the molecule is O=C1CCC(N2Cc3cc(OC[C@@H]4CCCCN4C(=O)c4ccc(-c5ncc[nH]5)cc4)ccc3C2=O)C(=O)N1. The number of piperidine rings is 2. The van der Waals surface area contributed by atoms with E-state index in [1.165, 1.54) is 4.90 Å². The lowest BCUT2D eigenvalue weighted by atomic mass is 10.0. The molecule has 3 aromatic rings. The van der Waals surface area contributed by atoms with Crippen LogP contribution < -0.4 is 10.1 Å². The molecule has 2 fully saturated rings. The summed E-state index contributed by atoms with van der Waals surface area (Å²) in [6.45, 7) is 1.31. The van der Waals surface area contributed by atoms with Gasteiger partial charge in [-0.15, -0.1) is 0 Å². The number of aromatic amines is 1. The molecule has 10 heteroatoms. The largest absolute Gasteiger partial charge is 0.491 e. The number of fused-ring (bicyclic) bond motifs is 1. The molecule has 2 atom stereocenters. The molecule has 2 N–H and O–H groups in total. The van der Waals surface area contributed by atoms with Gasteiger partial charge in [0, 0.05) is 48.6 Å². The van der Waals surface area contributed by atoms with Crippen LogP contribution in [0.15, 0.2) is 54.9 Å². The summed E-state index contributed by atoms with van der Waals surface area (Å²) >= 11 is 0. The second-order valence-electron chi connectivity index (χ2n) is 10.2. The first-order chi connectivity index (χ1) is 19.0. The van der Waals surface area contributed by atoms with Gasteiger partial charge in [-0.2, -0.15) is 0 Å². The zero-order valence-electron chi connectivity index (χ0n) is 21.4. The van der Waals surface area contributed by atoms with Crippen LogP contribution in [0.1, 0.15) is 58.4 Å². The first kappa shape index (κ1) is 24.8. The van der Waals surface area contributed by atoms with Crippen molar-refractivity contribution in [2.24, 2.45) is 0 Å². The van der Waals surface area contributed by atoms with Crippen LogP contribution in [0.2, 0.25) is 0 Å². The fraction of sp³-hybridized carbons (Fsp3) is 0.345. The van der Waals surface area contributed by atoms with Gasteiger partial charge < -0.3 is 19.5 Å². The third-order valence-electron chi connectivity index (χ3n) is 7.73. The Bertz CT molecular complexity index is 1420. The molecule has 10 nitrogen and oxygen atoms in total. The standard InChI is InChI=1S/C29H29N5O5/c35-25-11-10-24(27(36)32-25)34-16-20-15-22(8-9-23(20)29(34)38)39-17-21-3-1-2-14-33(21)28(37)19-6-4-18(5-7-19)26-30-12-13-31-26/h4-9,12-13,15,21,24H,1-3,10-11,14,16-17H2,(H,30,31)(H,32,35,36)/t21-,24?/m0/s1. The number of ether oxygens (including phenoxy) is 1. The quantitative estimate of drug-likeness (QED) is 0.475. The summed E-state index contributed by atoms with van der Waals surface area (Å²) in [6, 6.07) is 12.1. The highest BCUT2D eigenvalue weighted by Gasteiger charge is 2.39. The summed E-state index contributed by atoms with van der Waals surface area (Å²) in [5.74, 6) is 0.405. The van der Waals surface area contributed by atoms with Crippen LogP contribution >= 0.6 is 0 Å². The van der Waals surface area contributed by atoms with Crippen LogP contribution in [0.25, 0.3) is 11.4 Å². The smallest absolute Gasteiger partial charge is 0.255 e. The number of hydrogen-bond donors (Lipinski definition) is 2. The van der Waals surface area contributed by atoms with Gasteiger partial charge in [0.25, 0.3) is 11.8 Å². The van der Waals surface area contributed by atoms with Crippen LogP contribution in [-0.2, 0) is 16.1 Å². The summed E-state index contributed by atoms with van der Waals surface area (Å²) in [6.07, 6.45) is 6.82. The van der Waals surface area contributed by atoms with Crippen molar-refractivity contribution in [3.8, 4) is 17.1 Å². The van der Waals surface area contributed by atoms with Crippen molar-refractivity contribution in [1.82, 2.24) is 25.1 Å². The number of nitrogens with zero attached hydrogens (tertiary/aromatic N) is 3. The summed E-state index contributed by atoms with van der Waals surface area (Å²) in [7, 11) is 0. The molecule has 2 saturated heterocycles. The van der Waals surface area contributed by atoms with Gasteiger partial charge in [-0.3, -0.25) is 24.5 Å². The molecule has 39 heavy (non-hydrogen) atoms. The number of aromatic nitrogens is 2. The molecule has 0 aliphatic carbocycles. The highest BCUT2D eigenvalue weighted by atomic mass is 16.5. The Morgan fingerprint density at radius 3 is 2.67 bits per heavy atom. The predicted octanol–water partition coefficient (Wildman–Crippen LogP) is 2.91. The predicted molar refractivity (Wildman–Crippen MR) is 141 cm³/mol. The molecule has 4 heterocycles. The lowest BCUT2D eigenvalue weighted by Gasteiger charge is -2.35. The highest BCUT2D eigenvalue weighted by molar-refractivity contribution is 6.05. The monoisotopic (exact) mass is 527 g/mol. The number of carbonyl (C=O) groups is 4. The Morgan fingerprint density at radius 1 is 1.05 bits per heavy atom. The molecular formula is C29H29N5O5. The van der Waals surface area contributed by atoms with E-state index in [-0.39, 0.29) is 30.2 Å². The van der Waals surface area contributed by atoms with Gasteiger partial charge in [0.05, 0.1) is 6.04 Å². The van der Waals surface area contributed by atoms with Gasteiger partial charge in [-0.1, -0.05) is 12.1 Å². The molecule has 0 spiro atoms. The third kappa shape index (κ3) is 4.89. The number of benzene rings is 2. The number of likely N-dealkylation sites (tertiary alicyclic amines) is 1. The van der Waals surface area contributed by atoms with E-state index in [2.05, 4.69) is 15.3 Å². The molecule has 0 saturated carbocycles. The number of rotatable bonds is 6. The van der Waals surface area contributed by atoms with E-state index >= 15 is 0 Å². The number of imidazole rings is 1.